The first kappa shape index (κ1) is 22.7. The second-order valence-electron chi connectivity index (χ2n) is 7.27. The van der Waals surface area contributed by atoms with Crippen LogP contribution in [-0.2, 0) is 4.79 Å². The molecule has 1 aromatic rings. The summed E-state index contributed by atoms with van der Waals surface area (Å²) in [7, 11) is 1.64. The Bertz CT molecular complexity index is 656. The highest BCUT2D eigenvalue weighted by atomic mass is 127. The second-order valence-corrected chi connectivity index (χ2v) is 7.27. The summed E-state index contributed by atoms with van der Waals surface area (Å²) in [5.41, 5.74) is 6.83. The molecule has 0 spiro atoms. The molecule has 1 aliphatic carbocycles. The monoisotopic (exact) mass is 501 g/mol. The molecule has 3 rings (SSSR count). The molecule has 1 aliphatic heterocycles. The zero-order valence-corrected chi connectivity index (χ0v) is 18.9. The van der Waals surface area contributed by atoms with Crippen LogP contribution in [0.15, 0.2) is 29.3 Å². The van der Waals surface area contributed by atoms with Gasteiger partial charge in [0.2, 0.25) is 5.91 Å². The molecule has 1 aromatic carbocycles. The van der Waals surface area contributed by atoms with E-state index in [9.17, 15) is 4.79 Å². The van der Waals surface area contributed by atoms with Crippen LogP contribution in [0.4, 0.5) is 5.69 Å². The Balaban J connectivity index is 0.00000280. The highest BCUT2D eigenvalue weighted by Crippen LogP contribution is 2.26. The molecule has 1 heterocycles. The molecule has 0 aromatic heterocycles. The lowest BCUT2D eigenvalue weighted by Gasteiger charge is -2.35. The molecule has 156 valence electrons. The average Bonchev–Trinajstić information content (AvgIpc) is 3.23. The topological polar surface area (TPSA) is 83.2 Å². The minimum atomic E-state index is 0. The summed E-state index contributed by atoms with van der Waals surface area (Å²) in [5.74, 6) is 1.83. The Kier molecular flexibility index (Phi) is 9.30. The van der Waals surface area contributed by atoms with Crippen molar-refractivity contribution in [2.45, 2.75) is 25.7 Å². The second kappa shape index (κ2) is 11.5. The van der Waals surface area contributed by atoms with Gasteiger partial charge in [0.1, 0.15) is 5.75 Å². The molecular weight excluding hydrogens is 469 g/mol. The van der Waals surface area contributed by atoms with Gasteiger partial charge in [0, 0.05) is 50.4 Å². The molecule has 3 N–H and O–H groups in total. The molecule has 28 heavy (non-hydrogen) atoms. The molecule has 0 radical (unpaired) electrons. The van der Waals surface area contributed by atoms with Crippen molar-refractivity contribution in [3.8, 4) is 5.75 Å². The van der Waals surface area contributed by atoms with Crippen LogP contribution in [-0.4, -0.2) is 68.0 Å². The van der Waals surface area contributed by atoms with E-state index in [0.717, 1.165) is 57.0 Å². The summed E-state index contributed by atoms with van der Waals surface area (Å²) in [6, 6.07) is 7.59. The minimum Gasteiger partial charge on any atom is -0.497 e. The maximum atomic E-state index is 12.5. The Morgan fingerprint density at radius 1 is 1.25 bits per heavy atom. The zero-order chi connectivity index (χ0) is 19.1. The number of amides is 1. The van der Waals surface area contributed by atoms with Gasteiger partial charge in [0.25, 0.3) is 0 Å². The third-order valence-corrected chi connectivity index (χ3v) is 5.43. The SMILES string of the molecule is COc1cccc(NC(N)=NCCN2CCN(C(=O)C3CCCC3)CC2)c1.I. The van der Waals surface area contributed by atoms with Crippen molar-refractivity contribution in [2.75, 3.05) is 51.7 Å². The van der Waals surface area contributed by atoms with Crippen molar-refractivity contribution in [1.82, 2.24) is 9.80 Å². The summed E-state index contributed by atoms with van der Waals surface area (Å²) in [6.07, 6.45) is 4.57. The first-order valence-corrected chi connectivity index (χ1v) is 9.88. The number of rotatable bonds is 6. The van der Waals surface area contributed by atoms with Crippen molar-refractivity contribution >= 4 is 41.5 Å². The van der Waals surface area contributed by atoms with Crippen molar-refractivity contribution in [1.29, 1.82) is 0 Å². The molecule has 1 saturated heterocycles. The number of methoxy groups -OCH3 is 1. The molecule has 0 unspecified atom stereocenters. The molecule has 7 nitrogen and oxygen atoms in total. The number of hydrogen-bond acceptors (Lipinski definition) is 4. The van der Waals surface area contributed by atoms with E-state index in [1.165, 1.54) is 12.8 Å². The molecule has 2 aliphatic rings. The first-order valence-electron chi connectivity index (χ1n) is 9.88. The quantitative estimate of drug-likeness (QED) is 0.356. The Hall–Kier alpha value is -1.55. The van der Waals surface area contributed by atoms with E-state index < -0.39 is 0 Å². The number of carbonyl (C=O) groups is 1. The molecule has 1 saturated carbocycles. The molecule has 8 heteroatoms. The molecule has 0 bridgehead atoms. The number of guanidine groups is 1. The summed E-state index contributed by atoms with van der Waals surface area (Å²) >= 11 is 0. The third kappa shape index (κ3) is 6.51. The van der Waals surface area contributed by atoms with E-state index in [-0.39, 0.29) is 29.9 Å². The van der Waals surface area contributed by atoms with E-state index in [0.29, 0.717) is 18.4 Å². The number of nitrogens with two attached hydrogens (primary N) is 1. The summed E-state index contributed by atoms with van der Waals surface area (Å²) < 4.78 is 5.20. The first-order chi connectivity index (χ1) is 13.2. The number of anilines is 1. The van der Waals surface area contributed by atoms with E-state index in [2.05, 4.69) is 20.1 Å². The van der Waals surface area contributed by atoms with Gasteiger partial charge in [-0.25, -0.2) is 0 Å². The smallest absolute Gasteiger partial charge is 0.225 e. The summed E-state index contributed by atoms with van der Waals surface area (Å²) in [4.78, 5) is 21.3. The van der Waals surface area contributed by atoms with Crippen molar-refractivity contribution < 1.29 is 9.53 Å². The standard InChI is InChI=1S/C20H31N5O2.HI/c1-27-18-8-4-7-17(15-18)23-20(21)22-9-10-24-11-13-25(14-12-24)19(26)16-5-2-3-6-16;/h4,7-8,15-16H,2-3,5-6,9-14H2,1H3,(H3,21,22,23);1H. The van der Waals surface area contributed by atoms with Crippen LogP contribution < -0.4 is 15.8 Å². The van der Waals surface area contributed by atoms with Gasteiger partial charge in [-0.3, -0.25) is 14.7 Å². The minimum absolute atomic E-state index is 0. The predicted octanol–water partition coefficient (Wildman–Crippen LogP) is 2.37. The zero-order valence-electron chi connectivity index (χ0n) is 16.6. The van der Waals surface area contributed by atoms with E-state index in [1.807, 2.05) is 24.3 Å². The number of hydrogen-bond donors (Lipinski definition) is 2. The predicted molar refractivity (Wildman–Crippen MR) is 123 cm³/mol. The fourth-order valence-corrected chi connectivity index (χ4v) is 3.82. The largest absolute Gasteiger partial charge is 0.497 e. The van der Waals surface area contributed by atoms with E-state index in [1.54, 1.807) is 7.11 Å². The highest BCUT2D eigenvalue weighted by Gasteiger charge is 2.29. The fraction of sp³-hybridized carbons (Fsp3) is 0.600. The van der Waals surface area contributed by atoms with Gasteiger partial charge in [-0.15, -0.1) is 24.0 Å². The van der Waals surface area contributed by atoms with Gasteiger partial charge in [-0.05, 0) is 25.0 Å². The van der Waals surface area contributed by atoms with Crippen LogP contribution in [0.5, 0.6) is 5.75 Å². The number of benzene rings is 1. The van der Waals surface area contributed by atoms with Crippen molar-refractivity contribution in [2.24, 2.45) is 16.6 Å². The van der Waals surface area contributed by atoms with Gasteiger partial charge in [0.05, 0.1) is 13.7 Å². The Morgan fingerprint density at radius 3 is 2.64 bits per heavy atom. The van der Waals surface area contributed by atoms with Gasteiger partial charge in [-0.1, -0.05) is 18.9 Å². The molecule has 2 fully saturated rings. The van der Waals surface area contributed by atoms with Crippen LogP contribution in [0.1, 0.15) is 25.7 Å². The van der Waals surface area contributed by atoms with Crippen LogP contribution >= 0.6 is 24.0 Å². The highest BCUT2D eigenvalue weighted by molar-refractivity contribution is 14.0. The summed E-state index contributed by atoms with van der Waals surface area (Å²) in [5, 5.41) is 3.08. The van der Waals surface area contributed by atoms with Crippen LogP contribution in [0.25, 0.3) is 0 Å². The number of nitrogens with zero attached hydrogens (tertiary/aromatic N) is 3. The number of carbonyl (C=O) groups excluding carboxylic acids is 1. The van der Waals surface area contributed by atoms with Crippen LogP contribution in [0.2, 0.25) is 0 Å². The lowest BCUT2D eigenvalue weighted by Crippen LogP contribution is -2.50. The third-order valence-electron chi connectivity index (χ3n) is 5.43. The fourth-order valence-electron chi connectivity index (χ4n) is 3.82. The number of halogens is 1. The van der Waals surface area contributed by atoms with Crippen LogP contribution in [0.3, 0.4) is 0 Å². The Morgan fingerprint density at radius 2 is 1.96 bits per heavy atom. The van der Waals surface area contributed by atoms with Gasteiger partial charge < -0.3 is 20.7 Å². The van der Waals surface area contributed by atoms with Crippen molar-refractivity contribution in [3.63, 3.8) is 0 Å². The number of aliphatic imine (C=N–C) groups is 1. The maximum Gasteiger partial charge on any atom is 0.225 e. The van der Waals surface area contributed by atoms with E-state index >= 15 is 0 Å². The summed E-state index contributed by atoms with van der Waals surface area (Å²) in [6.45, 7) is 4.98. The number of piperazine rings is 1. The molecule has 0 atom stereocenters. The van der Waals surface area contributed by atoms with Gasteiger partial charge >= 0.3 is 0 Å². The Labute approximate surface area is 184 Å². The maximum absolute atomic E-state index is 12.5. The molecule has 1 amide bonds. The number of ether oxygens (including phenoxy) is 1. The molecular formula is C20H32IN5O2. The normalized spacial score (nSPS) is 18.6. The van der Waals surface area contributed by atoms with Gasteiger partial charge in [-0.2, -0.15) is 0 Å². The van der Waals surface area contributed by atoms with Crippen LogP contribution in [0, 0.1) is 5.92 Å². The van der Waals surface area contributed by atoms with Gasteiger partial charge in [0.15, 0.2) is 5.96 Å². The lowest BCUT2D eigenvalue weighted by molar-refractivity contribution is -0.137. The van der Waals surface area contributed by atoms with Crippen molar-refractivity contribution in [3.05, 3.63) is 24.3 Å². The average molecular weight is 501 g/mol. The number of nitrogens with one attached hydrogen (secondary N) is 1. The van der Waals surface area contributed by atoms with E-state index in [4.69, 9.17) is 10.5 Å². The lowest BCUT2D eigenvalue weighted by atomic mass is 10.1.